The molecule has 0 fully saturated rings. The zero-order valence-electron chi connectivity index (χ0n) is 10.9. The van der Waals surface area contributed by atoms with Gasteiger partial charge >= 0.3 is 0 Å². The number of methoxy groups -OCH3 is 1. The van der Waals surface area contributed by atoms with E-state index in [-0.39, 0.29) is 12.2 Å². The van der Waals surface area contributed by atoms with E-state index < -0.39 is 0 Å². The highest BCUT2D eigenvalue weighted by atomic mass is 35.5. The van der Waals surface area contributed by atoms with E-state index in [1.807, 2.05) is 13.1 Å². The summed E-state index contributed by atoms with van der Waals surface area (Å²) in [5.41, 5.74) is 1.38. The zero-order valence-corrected chi connectivity index (χ0v) is 11.6. The first-order chi connectivity index (χ1) is 9.13. The molecule has 0 atom stereocenters. The highest BCUT2D eigenvalue weighted by molar-refractivity contribution is 6.31. The predicted octanol–water partition coefficient (Wildman–Crippen LogP) is 2.99. The molecule has 100 valence electrons. The first kappa shape index (κ1) is 13.6. The summed E-state index contributed by atoms with van der Waals surface area (Å²) in [6.45, 7) is 2.78. The lowest BCUT2D eigenvalue weighted by Gasteiger charge is -2.07. The molecule has 0 spiro atoms. The number of hydrogen-bond donors (Lipinski definition) is 0. The number of benzene rings is 1. The third kappa shape index (κ3) is 3.15. The largest absolute Gasteiger partial charge is 0.496 e. The fourth-order valence-electron chi connectivity index (χ4n) is 1.85. The monoisotopic (exact) mass is 278 g/mol. The van der Waals surface area contributed by atoms with Crippen LogP contribution in [0.2, 0.25) is 5.02 Å². The normalized spacial score (nSPS) is 10.5. The molecule has 2 aromatic rings. The van der Waals surface area contributed by atoms with Gasteiger partial charge in [-0.1, -0.05) is 11.6 Å². The number of ketones is 1. The molecule has 0 N–H and O–H groups in total. The third-order valence-corrected chi connectivity index (χ3v) is 3.07. The van der Waals surface area contributed by atoms with E-state index in [4.69, 9.17) is 16.3 Å². The molecule has 0 bridgehead atoms. The Hall–Kier alpha value is -1.81. The minimum absolute atomic E-state index is 0.0324. The number of hydrogen-bond acceptors (Lipinski definition) is 3. The minimum Gasteiger partial charge on any atom is -0.496 e. The van der Waals surface area contributed by atoms with Gasteiger partial charge in [-0.2, -0.15) is 5.10 Å². The molecule has 0 amide bonds. The van der Waals surface area contributed by atoms with E-state index in [1.165, 1.54) is 7.11 Å². The maximum absolute atomic E-state index is 12.3. The first-order valence-electron chi connectivity index (χ1n) is 6.02. The van der Waals surface area contributed by atoms with Crippen molar-refractivity contribution in [2.24, 2.45) is 0 Å². The topological polar surface area (TPSA) is 44.1 Å². The van der Waals surface area contributed by atoms with E-state index in [0.717, 1.165) is 12.1 Å². The highest BCUT2D eigenvalue weighted by Crippen LogP contribution is 2.24. The van der Waals surface area contributed by atoms with Crippen LogP contribution in [-0.2, 0) is 13.0 Å². The molecule has 4 nitrogen and oxygen atoms in total. The van der Waals surface area contributed by atoms with Gasteiger partial charge in [0.1, 0.15) is 5.75 Å². The molecule has 0 aliphatic carbocycles. The maximum atomic E-state index is 12.3. The van der Waals surface area contributed by atoms with Gasteiger partial charge in [-0.3, -0.25) is 9.48 Å². The standard InChI is InChI=1S/C14H15ClN2O2/c1-3-17-9-10(8-16-17)6-13(18)12-7-11(15)4-5-14(12)19-2/h4-5,7-9H,3,6H2,1-2H3. The van der Waals surface area contributed by atoms with Crippen molar-refractivity contribution in [1.82, 2.24) is 9.78 Å². The Balaban J connectivity index is 2.21. The molecular formula is C14H15ClN2O2. The Labute approximate surface area is 116 Å². The minimum atomic E-state index is -0.0324. The number of carbonyl (C=O) groups is 1. The van der Waals surface area contributed by atoms with E-state index >= 15 is 0 Å². The summed E-state index contributed by atoms with van der Waals surface area (Å²) in [6, 6.07) is 5.03. The summed E-state index contributed by atoms with van der Waals surface area (Å²) >= 11 is 5.92. The van der Waals surface area contributed by atoms with Crippen LogP contribution in [0.1, 0.15) is 22.8 Å². The second-order valence-corrected chi connectivity index (χ2v) is 4.59. The number of nitrogens with zero attached hydrogens (tertiary/aromatic N) is 2. The molecule has 19 heavy (non-hydrogen) atoms. The van der Waals surface area contributed by atoms with Crippen LogP contribution in [-0.4, -0.2) is 22.7 Å². The lowest BCUT2D eigenvalue weighted by atomic mass is 10.0. The second kappa shape index (κ2) is 5.89. The van der Waals surface area contributed by atoms with Crippen molar-refractivity contribution < 1.29 is 9.53 Å². The summed E-state index contributed by atoms with van der Waals surface area (Å²) in [5, 5.41) is 4.67. The average molecular weight is 279 g/mol. The van der Waals surface area contributed by atoms with Crippen LogP contribution in [0.5, 0.6) is 5.75 Å². The van der Waals surface area contributed by atoms with Crippen LogP contribution >= 0.6 is 11.6 Å². The van der Waals surface area contributed by atoms with Gasteiger partial charge in [-0.05, 0) is 30.7 Å². The third-order valence-electron chi connectivity index (χ3n) is 2.84. The summed E-state index contributed by atoms with van der Waals surface area (Å²) in [6.07, 6.45) is 3.87. The molecule has 5 heteroatoms. The Kier molecular flexibility index (Phi) is 4.22. The zero-order chi connectivity index (χ0) is 13.8. The summed E-state index contributed by atoms with van der Waals surface area (Å²) in [4.78, 5) is 12.3. The van der Waals surface area contributed by atoms with Crippen LogP contribution in [0.15, 0.2) is 30.6 Å². The molecule has 1 heterocycles. The summed E-state index contributed by atoms with van der Waals surface area (Å²) < 4.78 is 6.97. The van der Waals surface area contributed by atoms with Crippen molar-refractivity contribution in [3.05, 3.63) is 46.7 Å². The number of Topliss-reactive ketones (excluding diaryl/α,β-unsaturated/α-hetero) is 1. The Morgan fingerprint density at radius 2 is 2.26 bits per heavy atom. The van der Waals surface area contributed by atoms with E-state index in [9.17, 15) is 4.79 Å². The fraction of sp³-hybridized carbons (Fsp3) is 0.286. The molecule has 2 rings (SSSR count). The molecular weight excluding hydrogens is 264 g/mol. The number of rotatable bonds is 5. The first-order valence-corrected chi connectivity index (χ1v) is 6.40. The fourth-order valence-corrected chi connectivity index (χ4v) is 2.02. The van der Waals surface area contributed by atoms with Crippen LogP contribution in [0.4, 0.5) is 0 Å². The van der Waals surface area contributed by atoms with Crippen molar-refractivity contribution in [2.45, 2.75) is 19.9 Å². The van der Waals surface area contributed by atoms with E-state index in [0.29, 0.717) is 16.3 Å². The van der Waals surface area contributed by atoms with Gasteiger partial charge in [0.2, 0.25) is 0 Å². The van der Waals surface area contributed by atoms with Crippen molar-refractivity contribution in [1.29, 1.82) is 0 Å². The molecule has 1 aromatic carbocycles. The van der Waals surface area contributed by atoms with Crippen LogP contribution in [0.25, 0.3) is 0 Å². The van der Waals surface area contributed by atoms with Crippen LogP contribution in [0.3, 0.4) is 0 Å². The Morgan fingerprint density at radius 1 is 1.47 bits per heavy atom. The summed E-state index contributed by atoms with van der Waals surface area (Å²) in [7, 11) is 1.54. The SMILES string of the molecule is CCn1cc(CC(=O)c2cc(Cl)ccc2OC)cn1. The van der Waals surface area contributed by atoms with Gasteiger partial charge < -0.3 is 4.74 Å². The highest BCUT2D eigenvalue weighted by Gasteiger charge is 2.14. The molecule has 0 unspecified atom stereocenters. The molecule has 0 radical (unpaired) electrons. The summed E-state index contributed by atoms with van der Waals surface area (Å²) in [5.74, 6) is 0.507. The maximum Gasteiger partial charge on any atom is 0.171 e. The van der Waals surface area contributed by atoms with Gasteiger partial charge in [-0.15, -0.1) is 0 Å². The number of ether oxygens (including phenoxy) is 1. The quantitative estimate of drug-likeness (QED) is 0.790. The molecule has 0 saturated carbocycles. The lowest BCUT2D eigenvalue weighted by molar-refractivity contribution is 0.0990. The van der Waals surface area contributed by atoms with Crippen molar-refractivity contribution in [2.75, 3.05) is 7.11 Å². The number of halogens is 1. The van der Waals surface area contributed by atoms with Crippen LogP contribution in [0, 0.1) is 0 Å². The van der Waals surface area contributed by atoms with E-state index in [2.05, 4.69) is 5.10 Å². The number of aryl methyl sites for hydroxylation is 1. The van der Waals surface area contributed by atoms with Gasteiger partial charge in [0.05, 0.1) is 18.9 Å². The van der Waals surface area contributed by atoms with Crippen molar-refractivity contribution in [3.8, 4) is 5.75 Å². The Morgan fingerprint density at radius 3 is 2.89 bits per heavy atom. The van der Waals surface area contributed by atoms with Gasteiger partial charge in [0.15, 0.2) is 5.78 Å². The van der Waals surface area contributed by atoms with E-state index in [1.54, 1.807) is 29.1 Å². The molecule has 1 aromatic heterocycles. The van der Waals surface area contributed by atoms with Crippen molar-refractivity contribution >= 4 is 17.4 Å². The molecule has 0 saturated heterocycles. The van der Waals surface area contributed by atoms with Crippen LogP contribution < -0.4 is 4.74 Å². The average Bonchev–Trinajstić information content (AvgIpc) is 2.86. The van der Waals surface area contributed by atoms with Gasteiger partial charge in [0, 0.05) is 24.2 Å². The van der Waals surface area contributed by atoms with Gasteiger partial charge in [-0.25, -0.2) is 0 Å². The molecule has 0 aliphatic rings. The molecule has 0 aliphatic heterocycles. The lowest BCUT2D eigenvalue weighted by Crippen LogP contribution is -2.05. The number of aromatic nitrogens is 2. The Bertz CT molecular complexity index is 593. The van der Waals surface area contributed by atoms with Crippen molar-refractivity contribution in [3.63, 3.8) is 0 Å². The van der Waals surface area contributed by atoms with Gasteiger partial charge in [0.25, 0.3) is 0 Å². The smallest absolute Gasteiger partial charge is 0.171 e. The number of carbonyl (C=O) groups excluding carboxylic acids is 1. The second-order valence-electron chi connectivity index (χ2n) is 4.15. The predicted molar refractivity (Wildman–Crippen MR) is 73.9 cm³/mol.